The van der Waals surface area contributed by atoms with Gasteiger partial charge in [-0.15, -0.1) is 23.7 Å². The molecule has 0 radical (unpaired) electrons. The molecule has 23 heavy (non-hydrogen) atoms. The van der Waals surface area contributed by atoms with E-state index < -0.39 is 0 Å². The Morgan fingerprint density at radius 1 is 1.48 bits per heavy atom. The Kier molecular flexibility index (Phi) is 6.62. The summed E-state index contributed by atoms with van der Waals surface area (Å²) in [4.78, 5) is 15.6. The van der Waals surface area contributed by atoms with Crippen LogP contribution in [0.5, 0.6) is 0 Å². The van der Waals surface area contributed by atoms with Gasteiger partial charge in [0.15, 0.2) is 5.69 Å². The maximum Gasteiger partial charge on any atom is 0.274 e. The number of carbonyl (C=O) groups is 1. The third-order valence-electron chi connectivity index (χ3n) is 4.29. The first kappa shape index (κ1) is 18.0. The normalized spacial score (nSPS) is 15.4. The predicted molar refractivity (Wildman–Crippen MR) is 96.3 cm³/mol. The first-order valence-electron chi connectivity index (χ1n) is 7.81. The van der Waals surface area contributed by atoms with Crippen LogP contribution in [0.15, 0.2) is 23.6 Å². The highest BCUT2D eigenvalue weighted by Gasteiger charge is 2.25. The van der Waals surface area contributed by atoms with Gasteiger partial charge in [0, 0.05) is 13.1 Å². The van der Waals surface area contributed by atoms with Crippen molar-refractivity contribution in [2.45, 2.75) is 19.3 Å². The number of H-pyrrole nitrogens is 1. The Bertz CT molecular complexity index is 605. The summed E-state index contributed by atoms with van der Waals surface area (Å²) in [5.74, 6) is 0.781. The molecule has 1 amide bonds. The number of aromatic nitrogens is 2. The van der Waals surface area contributed by atoms with Crippen molar-refractivity contribution >= 4 is 29.7 Å². The molecule has 0 spiro atoms. The lowest BCUT2D eigenvalue weighted by Crippen LogP contribution is -2.39. The molecular formula is C16H23ClN4OS. The third-order valence-corrected chi connectivity index (χ3v) is 5.19. The summed E-state index contributed by atoms with van der Waals surface area (Å²) >= 11 is 1.64. The lowest BCUT2D eigenvalue weighted by molar-refractivity contribution is 0.0681. The van der Waals surface area contributed by atoms with Gasteiger partial charge in [-0.3, -0.25) is 9.89 Å². The Morgan fingerprint density at radius 2 is 2.26 bits per heavy atom. The number of carbonyl (C=O) groups excluding carboxylic acids is 1. The zero-order valence-corrected chi connectivity index (χ0v) is 14.9. The summed E-state index contributed by atoms with van der Waals surface area (Å²) in [6, 6.07) is 5.89. The molecule has 3 heterocycles. The van der Waals surface area contributed by atoms with E-state index >= 15 is 0 Å². The number of rotatable bonds is 5. The molecule has 0 aromatic carbocycles. The standard InChI is InChI=1S/C16H22N4OS.ClH/c1-17-7-4-12-5-8-20(9-6-12)16(21)14-11-13(18-19-14)15-3-2-10-22-15;/h2-3,10-12,17H,4-9H2,1H3,(H,18,19);1H. The van der Waals surface area contributed by atoms with Crippen LogP contribution in [0.1, 0.15) is 29.8 Å². The van der Waals surface area contributed by atoms with Crippen LogP contribution in [0.4, 0.5) is 0 Å². The minimum absolute atomic E-state index is 0. The van der Waals surface area contributed by atoms with Gasteiger partial charge in [-0.05, 0) is 56.3 Å². The highest BCUT2D eigenvalue weighted by Crippen LogP contribution is 2.25. The molecule has 1 aliphatic rings. The van der Waals surface area contributed by atoms with Gasteiger partial charge in [-0.2, -0.15) is 5.10 Å². The van der Waals surface area contributed by atoms with Crippen molar-refractivity contribution in [1.82, 2.24) is 20.4 Å². The van der Waals surface area contributed by atoms with Crippen LogP contribution in [-0.4, -0.2) is 47.7 Å². The summed E-state index contributed by atoms with van der Waals surface area (Å²) in [6.07, 6.45) is 3.38. The Hall–Kier alpha value is -1.37. The van der Waals surface area contributed by atoms with E-state index in [9.17, 15) is 4.79 Å². The van der Waals surface area contributed by atoms with Crippen molar-refractivity contribution in [3.63, 3.8) is 0 Å². The number of halogens is 1. The molecule has 5 nitrogen and oxygen atoms in total. The second-order valence-corrected chi connectivity index (χ2v) is 6.72. The van der Waals surface area contributed by atoms with Gasteiger partial charge in [0.2, 0.25) is 0 Å². The zero-order chi connectivity index (χ0) is 15.4. The molecule has 1 saturated heterocycles. The highest BCUT2D eigenvalue weighted by molar-refractivity contribution is 7.13. The topological polar surface area (TPSA) is 61.0 Å². The molecule has 0 atom stereocenters. The minimum Gasteiger partial charge on any atom is -0.337 e. The number of aromatic amines is 1. The van der Waals surface area contributed by atoms with E-state index in [2.05, 4.69) is 15.5 Å². The van der Waals surface area contributed by atoms with Crippen molar-refractivity contribution in [3.8, 4) is 10.6 Å². The van der Waals surface area contributed by atoms with Gasteiger partial charge in [-0.25, -0.2) is 0 Å². The summed E-state index contributed by atoms with van der Waals surface area (Å²) in [7, 11) is 1.99. The average Bonchev–Trinajstić information content (AvgIpc) is 3.23. The fourth-order valence-corrected chi connectivity index (χ4v) is 3.62. The van der Waals surface area contributed by atoms with E-state index in [1.165, 1.54) is 6.42 Å². The molecular weight excluding hydrogens is 332 g/mol. The van der Waals surface area contributed by atoms with E-state index in [4.69, 9.17) is 0 Å². The Balaban J connectivity index is 0.00000192. The van der Waals surface area contributed by atoms with Crippen LogP contribution in [-0.2, 0) is 0 Å². The number of hydrogen-bond donors (Lipinski definition) is 2. The van der Waals surface area contributed by atoms with Gasteiger partial charge < -0.3 is 10.2 Å². The molecule has 1 fully saturated rings. The van der Waals surface area contributed by atoms with Crippen molar-refractivity contribution in [1.29, 1.82) is 0 Å². The number of thiophene rings is 1. The maximum atomic E-state index is 12.5. The lowest BCUT2D eigenvalue weighted by atomic mass is 9.93. The minimum atomic E-state index is 0. The lowest BCUT2D eigenvalue weighted by Gasteiger charge is -2.31. The molecule has 7 heteroatoms. The number of nitrogens with one attached hydrogen (secondary N) is 2. The molecule has 2 aromatic rings. The fraction of sp³-hybridized carbons (Fsp3) is 0.500. The van der Waals surface area contributed by atoms with Gasteiger partial charge >= 0.3 is 0 Å². The zero-order valence-electron chi connectivity index (χ0n) is 13.2. The molecule has 0 unspecified atom stereocenters. The molecule has 1 aliphatic heterocycles. The van der Waals surface area contributed by atoms with Crippen molar-refractivity contribution in [2.75, 3.05) is 26.7 Å². The van der Waals surface area contributed by atoms with E-state index in [1.807, 2.05) is 35.5 Å². The SMILES string of the molecule is CNCCC1CCN(C(=O)c2cc(-c3cccs3)[nH]n2)CC1.Cl. The first-order chi connectivity index (χ1) is 10.8. The molecule has 0 bridgehead atoms. The smallest absolute Gasteiger partial charge is 0.274 e. The fourth-order valence-electron chi connectivity index (χ4n) is 2.92. The number of nitrogens with zero attached hydrogens (tertiary/aromatic N) is 2. The molecule has 2 N–H and O–H groups in total. The second-order valence-electron chi connectivity index (χ2n) is 5.77. The first-order valence-corrected chi connectivity index (χ1v) is 8.69. The number of hydrogen-bond acceptors (Lipinski definition) is 4. The van der Waals surface area contributed by atoms with Gasteiger partial charge in [0.05, 0.1) is 10.6 Å². The summed E-state index contributed by atoms with van der Waals surface area (Å²) in [5.41, 5.74) is 1.44. The largest absolute Gasteiger partial charge is 0.337 e. The quantitative estimate of drug-likeness (QED) is 0.867. The molecule has 0 saturated carbocycles. The summed E-state index contributed by atoms with van der Waals surface area (Å²) in [6.45, 7) is 2.74. The molecule has 3 rings (SSSR count). The highest BCUT2D eigenvalue weighted by atomic mass is 35.5. The second kappa shape index (κ2) is 8.47. The van der Waals surface area contributed by atoms with Crippen molar-refractivity contribution in [2.24, 2.45) is 5.92 Å². The van der Waals surface area contributed by atoms with E-state index in [1.54, 1.807) is 11.3 Å². The Labute approximate surface area is 146 Å². The van der Waals surface area contributed by atoms with Crippen molar-refractivity contribution < 1.29 is 4.79 Å². The van der Waals surface area contributed by atoms with Crippen LogP contribution >= 0.6 is 23.7 Å². The van der Waals surface area contributed by atoms with Crippen LogP contribution in [0, 0.1) is 5.92 Å². The maximum absolute atomic E-state index is 12.5. The van der Waals surface area contributed by atoms with Crippen LogP contribution in [0.25, 0.3) is 10.6 Å². The number of piperidine rings is 1. The van der Waals surface area contributed by atoms with Crippen LogP contribution < -0.4 is 5.32 Å². The predicted octanol–water partition coefficient (Wildman–Crippen LogP) is 3.02. The van der Waals surface area contributed by atoms with Crippen LogP contribution in [0.3, 0.4) is 0 Å². The van der Waals surface area contributed by atoms with Gasteiger partial charge in [0.1, 0.15) is 0 Å². The average molecular weight is 355 g/mol. The molecule has 0 aliphatic carbocycles. The monoisotopic (exact) mass is 354 g/mol. The van der Waals surface area contributed by atoms with Gasteiger partial charge in [0.25, 0.3) is 5.91 Å². The van der Waals surface area contributed by atoms with Gasteiger partial charge in [-0.1, -0.05) is 6.07 Å². The molecule has 126 valence electrons. The van der Waals surface area contributed by atoms with E-state index in [0.717, 1.165) is 49.0 Å². The van der Waals surface area contributed by atoms with E-state index in [-0.39, 0.29) is 18.3 Å². The van der Waals surface area contributed by atoms with E-state index in [0.29, 0.717) is 5.69 Å². The van der Waals surface area contributed by atoms with Crippen LogP contribution in [0.2, 0.25) is 0 Å². The van der Waals surface area contributed by atoms with Crippen molar-refractivity contribution in [3.05, 3.63) is 29.3 Å². The summed E-state index contributed by atoms with van der Waals surface area (Å²) in [5, 5.41) is 12.4. The summed E-state index contributed by atoms with van der Waals surface area (Å²) < 4.78 is 0. The number of likely N-dealkylation sites (tertiary alicyclic amines) is 1. The Morgan fingerprint density at radius 3 is 2.91 bits per heavy atom. The molecule has 2 aromatic heterocycles. The third kappa shape index (κ3) is 4.34. The number of amides is 1.